The first-order chi connectivity index (χ1) is 14.3. The van der Waals surface area contributed by atoms with Crippen LogP contribution in [0.25, 0.3) is 22.1 Å². The molecule has 0 aliphatic carbocycles. The highest BCUT2D eigenvalue weighted by molar-refractivity contribution is 8.00. The molecule has 4 rings (SSSR count). The number of H-pyrrole nitrogens is 1. The van der Waals surface area contributed by atoms with Gasteiger partial charge in [-0.25, -0.2) is 4.98 Å². The lowest BCUT2D eigenvalue weighted by Crippen LogP contribution is -2.23. The first kappa shape index (κ1) is 19.8. The van der Waals surface area contributed by atoms with E-state index >= 15 is 0 Å². The molecule has 0 fully saturated rings. The zero-order valence-corrected chi connectivity index (χ0v) is 17.3. The number of aromatic nitrogens is 4. The minimum absolute atomic E-state index is 0.0192. The second-order valence-corrected chi connectivity index (χ2v) is 8.28. The monoisotopic (exact) mass is 422 g/mol. The number of hydrogen-bond acceptors (Lipinski definition) is 7. The van der Waals surface area contributed by atoms with Gasteiger partial charge in [-0.2, -0.15) is 0 Å². The van der Waals surface area contributed by atoms with E-state index in [2.05, 4.69) is 25.5 Å². The van der Waals surface area contributed by atoms with Crippen LogP contribution < -0.4 is 5.32 Å². The third kappa shape index (κ3) is 3.81. The van der Waals surface area contributed by atoms with E-state index in [0.29, 0.717) is 27.6 Å². The molecule has 1 unspecified atom stereocenters. The van der Waals surface area contributed by atoms with Gasteiger partial charge in [-0.15, -0.1) is 10.2 Å². The van der Waals surface area contributed by atoms with Crippen LogP contribution >= 0.6 is 11.8 Å². The lowest BCUT2D eigenvalue weighted by Gasteiger charge is -2.12. The number of amides is 1. The first-order valence-electron chi connectivity index (χ1n) is 9.17. The Morgan fingerprint density at radius 2 is 2.00 bits per heavy atom. The van der Waals surface area contributed by atoms with E-state index in [0.717, 1.165) is 16.5 Å². The quantitative estimate of drug-likeness (QED) is 0.281. The summed E-state index contributed by atoms with van der Waals surface area (Å²) in [5.41, 5.74) is 4.48. The van der Waals surface area contributed by atoms with Gasteiger partial charge in [0, 0.05) is 28.7 Å². The molecule has 0 saturated carbocycles. The molecule has 4 aromatic rings. The Bertz CT molecular complexity index is 1300. The number of aromatic amines is 1. The number of nitrogens with one attached hydrogen (secondary N) is 2. The molecule has 2 N–H and O–H groups in total. The number of thioether (sulfide) groups is 1. The Balaban J connectivity index is 1.51. The zero-order valence-electron chi connectivity index (χ0n) is 16.5. The number of fused-ring (bicyclic) bond motifs is 3. The van der Waals surface area contributed by atoms with E-state index in [9.17, 15) is 14.9 Å². The van der Waals surface area contributed by atoms with Gasteiger partial charge in [0.15, 0.2) is 5.65 Å². The summed E-state index contributed by atoms with van der Waals surface area (Å²) >= 11 is 1.19. The van der Waals surface area contributed by atoms with Crippen molar-refractivity contribution in [1.82, 2.24) is 20.2 Å². The maximum Gasteiger partial charge on any atom is 0.269 e. The normalized spacial score (nSPS) is 12.2. The Labute approximate surface area is 175 Å². The van der Waals surface area contributed by atoms with Crippen molar-refractivity contribution in [1.29, 1.82) is 0 Å². The van der Waals surface area contributed by atoms with Crippen LogP contribution in [0.4, 0.5) is 11.4 Å². The molecule has 152 valence electrons. The number of anilines is 1. The highest BCUT2D eigenvalue weighted by atomic mass is 32.2. The minimum Gasteiger partial charge on any atom is -0.338 e. The summed E-state index contributed by atoms with van der Waals surface area (Å²) in [6, 6.07) is 10.3. The van der Waals surface area contributed by atoms with Gasteiger partial charge in [0.25, 0.3) is 5.69 Å². The van der Waals surface area contributed by atoms with Crippen LogP contribution in [-0.2, 0) is 4.79 Å². The molecule has 10 heteroatoms. The van der Waals surface area contributed by atoms with Crippen LogP contribution in [0.15, 0.2) is 41.6 Å². The van der Waals surface area contributed by atoms with E-state index < -0.39 is 10.2 Å². The largest absolute Gasteiger partial charge is 0.338 e. The Morgan fingerprint density at radius 1 is 1.20 bits per heavy atom. The number of carbonyl (C=O) groups excluding carboxylic acids is 1. The number of hydrogen-bond donors (Lipinski definition) is 2. The third-order valence-corrected chi connectivity index (χ3v) is 5.63. The Kier molecular flexibility index (Phi) is 5.08. The fraction of sp³-hybridized carbons (Fsp3) is 0.200. The molecule has 30 heavy (non-hydrogen) atoms. The van der Waals surface area contributed by atoms with Gasteiger partial charge in [0.2, 0.25) is 11.1 Å². The SMILES string of the molecule is Cc1ccc2[nH]c3nc(SC(C)C(=O)Nc4ccc([N+](=O)[O-])cc4C)nnc3c2c1. The number of rotatable bonds is 5. The van der Waals surface area contributed by atoms with Crippen LogP contribution in [0, 0.1) is 24.0 Å². The van der Waals surface area contributed by atoms with E-state index in [4.69, 9.17) is 0 Å². The molecule has 2 aromatic carbocycles. The number of nitro benzene ring substituents is 1. The molecule has 0 aliphatic heterocycles. The van der Waals surface area contributed by atoms with Crippen molar-refractivity contribution in [3.63, 3.8) is 0 Å². The van der Waals surface area contributed by atoms with Crippen LogP contribution in [0.3, 0.4) is 0 Å². The number of non-ortho nitro benzene ring substituents is 1. The van der Waals surface area contributed by atoms with Gasteiger partial charge in [0.1, 0.15) is 5.52 Å². The minimum atomic E-state index is -0.495. The molecule has 0 aliphatic rings. The summed E-state index contributed by atoms with van der Waals surface area (Å²) in [4.78, 5) is 30.7. The Morgan fingerprint density at radius 3 is 2.73 bits per heavy atom. The van der Waals surface area contributed by atoms with E-state index in [-0.39, 0.29) is 11.6 Å². The highest BCUT2D eigenvalue weighted by Crippen LogP contribution is 2.27. The van der Waals surface area contributed by atoms with Gasteiger partial charge in [-0.3, -0.25) is 14.9 Å². The van der Waals surface area contributed by atoms with E-state index in [1.807, 2.05) is 25.1 Å². The van der Waals surface area contributed by atoms with Crippen molar-refractivity contribution in [2.24, 2.45) is 0 Å². The molecule has 0 bridgehead atoms. The fourth-order valence-corrected chi connectivity index (χ4v) is 3.78. The first-order valence-corrected chi connectivity index (χ1v) is 10.0. The number of aryl methyl sites for hydroxylation is 2. The van der Waals surface area contributed by atoms with Gasteiger partial charge in [0.05, 0.1) is 10.2 Å². The van der Waals surface area contributed by atoms with Gasteiger partial charge in [-0.05, 0) is 44.5 Å². The number of benzene rings is 2. The molecule has 0 spiro atoms. The maximum absolute atomic E-state index is 12.6. The van der Waals surface area contributed by atoms with Crippen LogP contribution in [0.2, 0.25) is 0 Å². The second kappa shape index (κ2) is 7.71. The maximum atomic E-state index is 12.6. The van der Waals surface area contributed by atoms with Gasteiger partial charge < -0.3 is 10.3 Å². The van der Waals surface area contributed by atoms with Gasteiger partial charge >= 0.3 is 0 Å². The smallest absolute Gasteiger partial charge is 0.269 e. The summed E-state index contributed by atoms with van der Waals surface area (Å²) in [6.45, 7) is 5.46. The van der Waals surface area contributed by atoms with Crippen molar-refractivity contribution in [2.75, 3.05) is 5.32 Å². The molecular formula is C20H18N6O3S. The molecule has 1 atom stereocenters. The second-order valence-electron chi connectivity index (χ2n) is 6.97. The highest BCUT2D eigenvalue weighted by Gasteiger charge is 2.19. The van der Waals surface area contributed by atoms with Gasteiger partial charge in [-0.1, -0.05) is 23.4 Å². The molecule has 0 saturated heterocycles. The number of carbonyl (C=O) groups is 1. The molecular weight excluding hydrogens is 404 g/mol. The lowest BCUT2D eigenvalue weighted by molar-refractivity contribution is -0.384. The predicted octanol–water partition coefficient (Wildman–Crippen LogP) is 4.15. The molecule has 1 amide bonds. The van der Waals surface area contributed by atoms with E-state index in [1.165, 1.54) is 30.0 Å². The summed E-state index contributed by atoms with van der Waals surface area (Å²) in [6.07, 6.45) is 0. The third-order valence-electron chi connectivity index (χ3n) is 4.68. The van der Waals surface area contributed by atoms with Crippen molar-refractivity contribution in [3.05, 3.63) is 57.6 Å². The number of nitro groups is 1. The topological polar surface area (TPSA) is 127 Å². The average molecular weight is 422 g/mol. The summed E-state index contributed by atoms with van der Waals surface area (Å²) in [7, 11) is 0. The zero-order chi connectivity index (χ0) is 21.4. The summed E-state index contributed by atoms with van der Waals surface area (Å²) < 4.78 is 0. The Hall–Kier alpha value is -3.53. The average Bonchev–Trinajstić information content (AvgIpc) is 3.06. The van der Waals surface area contributed by atoms with Crippen molar-refractivity contribution in [2.45, 2.75) is 31.2 Å². The van der Waals surface area contributed by atoms with Crippen LogP contribution in [0.1, 0.15) is 18.1 Å². The predicted molar refractivity (Wildman–Crippen MR) is 116 cm³/mol. The number of nitrogens with zero attached hydrogens (tertiary/aromatic N) is 4. The molecule has 9 nitrogen and oxygen atoms in total. The molecule has 0 radical (unpaired) electrons. The molecule has 2 aromatic heterocycles. The van der Waals surface area contributed by atoms with Crippen LogP contribution in [-0.4, -0.2) is 36.2 Å². The summed E-state index contributed by atoms with van der Waals surface area (Å²) in [5, 5.41) is 23.0. The van der Waals surface area contributed by atoms with Crippen LogP contribution in [0.5, 0.6) is 0 Å². The van der Waals surface area contributed by atoms with Crippen molar-refractivity contribution < 1.29 is 9.72 Å². The van der Waals surface area contributed by atoms with Crippen molar-refractivity contribution in [3.8, 4) is 0 Å². The fourth-order valence-electron chi connectivity index (χ4n) is 3.07. The van der Waals surface area contributed by atoms with Crippen molar-refractivity contribution >= 4 is 51.1 Å². The summed E-state index contributed by atoms with van der Waals surface area (Å²) in [5.74, 6) is -0.257. The molecule has 2 heterocycles. The standard InChI is InChI=1S/C20H18N6O3S/c1-10-4-6-16-14(8-10)17-18(21-16)23-20(25-24-17)30-12(3)19(27)22-15-7-5-13(26(28)29)9-11(15)2/h4-9,12H,1-3H3,(H,22,27)(H,21,23,25). The lowest BCUT2D eigenvalue weighted by atomic mass is 10.2. The van der Waals surface area contributed by atoms with E-state index in [1.54, 1.807) is 13.8 Å².